The molecule has 0 bridgehead atoms. The summed E-state index contributed by atoms with van der Waals surface area (Å²) in [5.41, 5.74) is 8.35. The van der Waals surface area contributed by atoms with Crippen molar-refractivity contribution >= 4 is 17.5 Å². The number of nitrogens with zero attached hydrogens (tertiary/aromatic N) is 3. The number of aromatic amines is 1. The number of rotatable bonds is 3. The molecule has 21 heavy (non-hydrogen) atoms. The number of benzene rings is 1. The molecule has 6 heteroatoms. The number of aromatic nitrogens is 2. The Labute approximate surface area is 123 Å². The summed E-state index contributed by atoms with van der Waals surface area (Å²) in [7, 11) is 0. The highest BCUT2D eigenvalue weighted by Gasteiger charge is 2.31. The maximum atomic E-state index is 12.4. The number of urea groups is 1. The number of carbonyl (C=O) groups excluding carboxylic acids is 1. The summed E-state index contributed by atoms with van der Waals surface area (Å²) < 4.78 is 0. The highest BCUT2D eigenvalue weighted by molar-refractivity contribution is 5.95. The summed E-state index contributed by atoms with van der Waals surface area (Å²) in [6.45, 7) is 5.54. The second-order valence-electron chi connectivity index (χ2n) is 5.48. The van der Waals surface area contributed by atoms with E-state index in [4.69, 9.17) is 5.73 Å². The number of carbonyl (C=O) groups is 1. The van der Waals surface area contributed by atoms with E-state index in [-0.39, 0.29) is 12.1 Å². The molecule has 0 atom stereocenters. The van der Waals surface area contributed by atoms with Crippen LogP contribution in [0, 0.1) is 0 Å². The van der Waals surface area contributed by atoms with Crippen molar-refractivity contribution in [3.63, 3.8) is 0 Å². The van der Waals surface area contributed by atoms with Crippen LogP contribution < -0.4 is 10.6 Å². The topological polar surface area (TPSA) is 78.2 Å². The van der Waals surface area contributed by atoms with E-state index in [0.29, 0.717) is 12.4 Å². The van der Waals surface area contributed by atoms with Gasteiger partial charge in [0.15, 0.2) is 0 Å². The summed E-state index contributed by atoms with van der Waals surface area (Å²) in [5.74, 6) is 0.457. The molecule has 2 aromatic rings. The molecule has 0 saturated carbocycles. The zero-order chi connectivity index (χ0) is 15.0. The van der Waals surface area contributed by atoms with E-state index in [1.807, 2.05) is 47.9 Å². The average molecular weight is 285 g/mol. The second kappa shape index (κ2) is 5.12. The van der Waals surface area contributed by atoms with Crippen LogP contribution in [0.2, 0.25) is 0 Å². The molecule has 110 valence electrons. The van der Waals surface area contributed by atoms with Crippen LogP contribution >= 0.6 is 0 Å². The van der Waals surface area contributed by atoms with Crippen molar-refractivity contribution in [1.82, 2.24) is 15.1 Å². The SMILES string of the molecule is CC(C)N1CCN(c2cccc(-c3cc(N)n[nH]3)c2)C1=O. The Morgan fingerprint density at radius 2 is 2.10 bits per heavy atom. The quantitative estimate of drug-likeness (QED) is 0.908. The lowest BCUT2D eigenvalue weighted by Crippen LogP contribution is -2.36. The molecule has 0 radical (unpaired) electrons. The van der Waals surface area contributed by atoms with E-state index in [1.54, 1.807) is 6.07 Å². The molecule has 1 aromatic carbocycles. The first-order valence-corrected chi connectivity index (χ1v) is 7.05. The molecule has 0 aliphatic carbocycles. The van der Waals surface area contributed by atoms with Crippen molar-refractivity contribution in [2.75, 3.05) is 23.7 Å². The van der Waals surface area contributed by atoms with Gasteiger partial charge in [0.2, 0.25) is 0 Å². The van der Waals surface area contributed by atoms with Crippen molar-refractivity contribution in [3.8, 4) is 11.3 Å². The van der Waals surface area contributed by atoms with E-state index in [9.17, 15) is 4.79 Å². The molecule has 1 fully saturated rings. The summed E-state index contributed by atoms with van der Waals surface area (Å²) in [5, 5.41) is 6.82. The molecule has 1 aromatic heterocycles. The van der Waals surface area contributed by atoms with Gasteiger partial charge >= 0.3 is 6.03 Å². The van der Waals surface area contributed by atoms with Gasteiger partial charge in [0.25, 0.3) is 0 Å². The minimum atomic E-state index is 0.0614. The summed E-state index contributed by atoms with van der Waals surface area (Å²) in [6.07, 6.45) is 0. The fraction of sp³-hybridized carbons (Fsp3) is 0.333. The van der Waals surface area contributed by atoms with E-state index < -0.39 is 0 Å². The standard InChI is InChI=1S/C15H19N5O/c1-10(2)19-6-7-20(15(19)21)12-5-3-4-11(8-12)13-9-14(16)18-17-13/h3-5,8-10H,6-7H2,1-2H3,(H3,16,17,18). The van der Waals surface area contributed by atoms with Crippen LogP contribution in [0.4, 0.5) is 16.3 Å². The molecular formula is C15H19N5O. The average Bonchev–Trinajstić information content (AvgIpc) is 3.05. The van der Waals surface area contributed by atoms with Crippen molar-refractivity contribution in [2.24, 2.45) is 0 Å². The number of anilines is 2. The van der Waals surface area contributed by atoms with E-state index in [1.165, 1.54) is 0 Å². The maximum absolute atomic E-state index is 12.4. The van der Waals surface area contributed by atoms with Crippen molar-refractivity contribution < 1.29 is 4.79 Å². The van der Waals surface area contributed by atoms with Crippen molar-refractivity contribution in [1.29, 1.82) is 0 Å². The third-order valence-electron chi connectivity index (χ3n) is 3.73. The maximum Gasteiger partial charge on any atom is 0.324 e. The van der Waals surface area contributed by atoms with Crippen molar-refractivity contribution in [2.45, 2.75) is 19.9 Å². The third kappa shape index (κ3) is 2.44. The number of H-pyrrole nitrogens is 1. The van der Waals surface area contributed by atoms with Crippen molar-refractivity contribution in [3.05, 3.63) is 30.3 Å². The number of nitrogen functional groups attached to an aromatic ring is 1. The first-order valence-electron chi connectivity index (χ1n) is 7.05. The molecular weight excluding hydrogens is 266 g/mol. The summed E-state index contributed by atoms with van der Waals surface area (Å²) in [4.78, 5) is 16.1. The molecule has 1 aliphatic rings. The molecule has 1 aliphatic heterocycles. The predicted octanol–water partition coefficient (Wildman–Crippen LogP) is 2.31. The summed E-state index contributed by atoms with van der Waals surface area (Å²) >= 11 is 0. The monoisotopic (exact) mass is 285 g/mol. The Morgan fingerprint density at radius 3 is 2.71 bits per heavy atom. The van der Waals surface area contributed by atoms with Gasteiger partial charge in [0.05, 0.1) is 5.69 Å². The van der Waals surface area contributed by atoms with Crippen LogP contribution in [-0.4, -0.2) is 40.3 Å². The molecule has 6 nitrogen and oxygen atoms in total. The van der Waals surface area contributed by atoms with Crippen LogP contribution in [0.25, 0.3) is 11.3 Å². The third-order valence-corrected chi connectivity index (χ3v) is 3.73. The zero-order valence-electron chi connectivity index (χ0n) is 12.2. The molecule has 3 N–H and O–H groups in total. The van der Waals surface area contributed by atoms with Crippen LogP contribution in [0.1, 0.15) is 13.8 Å². The number of nitrogens with one attached hydrogen (secondary N) is 1. The Morgan fingerprint density at radius 1 is 1.29 bits per heavy atom. The fourth-order valence-electron chi connectivity index (χ4n) is 2.60. The Bertz CT molecular complexity index is 664. The minimum Gasteiger partial charge on any atom is -0.382 e. The second-order valence-corrected chi connectivity index (χ2v) is 5.48. The van der Waals surface area contributed by atoms with Gasteiger partial charge in [0.1, 0.15) is 5.82 Å². The molecule has 3 rings (SSSR count). The van der Waals surface area contributed by atoms with Gasteiger partial charge in [-0.3, -0.25) is 10.00 Å². The predicted molar refractivity (Wildman–Crippen MR) is 83.0 cm³/mol. The largest absolute Gasteiger partial charge is 0.382 e. The minimum absolute atomic E-state index is 0.0614. The molecule has 2 amide bonds. The van der Waals surface area contributed by atoms with Gasteiger partial charge in [-0.05, 0) is 26.0 Å². The smallest absolute Gasteiger partial charge is 0.324 e. The Hall–Kier alpha value is -2.50. The number of hydrogen-bond donors (Lipinski definition) is 2. The van der Waals surface area contributed by atoms with Gasteiger partial charge in [-0.1, -0.05) is 12.1 Å². The lowest BCUT2D eigenvalue weighted by Gasteiger charge is -2.22. The fourth-order valence-corrected chi connectivity index (χ4v) is 2.60. The van der Waals surface area contributed by atoms with Crippen LogP contribution in [-0.2, 0) is 0 Å². The van der Waals surface area contributed by atoms with E-state index >= 15 is 0 Å². The molecule has 1 saturated heterocycles. The molecule has 0 spiro atoms. The number of hydrogen-bond acceptors (Lipinski definition) is 3. The normalized spacial score (nSPS) is 15.3. The van der Waals surface area contributed by atoms with Crippen LogP contribution in [0.3, 0.4) is 0 Å². The lowest BCUT2D eigenvalue weighted by molar-refractivity contribution is 0.209. The van der Waals surface area contributed by atoms with E-state index in [2.05, 4.69) is 10.2 Å². The Kier molecular flexibility index (Phi) is 3.29. The first-order chi connectivity index (χ1) is 10.1. The highest BCUT2D eigenvalue weighted by atomic mass is 16.2. The number of amides is 2. The van der Waals surface area contributed by atoms with Gasteiger partial charge in [-0.2, -0.15) is 5.10 Å². The highest BCUT2D eigenvalue weighted by Crippen LogP contribution is 2.27. The van der Waals surface area contributed by atoms with Gasteiger partial charge < -0.3 is 10.6 Å². The molecule has 2 heterocycles. The van der Waals surface area contributed by atoms with Gasteiger partial charge in [-0.15, -0.1) is 0 Å². The van der Waals surface area contributed by atoms with Crippen LogP contribution in [0.15, 0.2) is 30.3 Å². The van der Waals surface area contributed by atoms with Gasteiger partial charge in [0, 0.05) is 36.4 Å². The van der Waals surface area contributed by atoms with Crippen LogP contribution in [0.5, 0.6) is 0 Å². The number of nitrogens with two attached hydrogens (primary N) is 1. The lowest BCUT2D eigenvalue weighted by atomic mass is 10.1. The zero-order valence-corrected chi connectivity index (χ0v) is 12.2. The Balaban J connectivity index is 1.89. The van der Waals surface area contributed by atoms with Gasteiger partial charge in [-0.25, -0.2) is 4.79 Å². The first kappa shape index (κ1) is 13.5. The summed E-state index contributed by atoms with van der Waals surface area (Å²) in [6, 6.07) is 9.90. The molecule has 0 unspecified atom stereocenters. The van der Waals surface area contributed by atoms with E-state index in [0.717, 1.165) is 23.5 Å².